The minimum Gasteiger partial charge on any atom is -0.319 e. The molecule has 0 fully saturated rings. The van der Waals surface area contributed by atoms with Crippen LogP contribution in [0.5, 0.6) is 0 Å². The molecule has 0 bridgehead atoms. The number of halogens is 3. The Morgan fingerprint density at radius 2 is 1.57 bits per heavy atom. The van der Waals surface area contributed by atoms with Gasteiger partial charge in [0.15, 0.2) is 0 Å². The maximum absolute atomic E-state index is 14.4. The van der Waals surface area contributed by atoms with Crippen molar-refractivity contribution in [1.29, 1.82) is 0 Å². The summed E-state index contributed by atoms with van der Waals surface area (Å²) in [5, 5.41) is 2.32. The predicted octanol–water partition coefficient (Wildman–Crippen LogP) is 4.78. The molecule has 3 aromatic carbocycles. The zero-order valence-electron chi connectivity index (χ0n) is 14.1. The second-order valence-electron chi connectivity index (χ2n) is 5.69. The number of carbonyl (C=O) groups is 1. The highest BCUT2D eigenvalue weighted by Crippen LogP contribution is 2.26. The lowest BCUT2D eigenvalue weighted by atomic mass is 10.2. The molecule has 0 atom stereocenters. The van der Waals surface area contributed by atoms with Gasteiger partial charge in [0.2, 0.25) is 0 Å². The molecular weight excluding hydrogens is 454 g/mol. The molecule has 0 aliphatic heterocycles. The monoisotopic (exact) mass is 466 g/mol. The molecule has 3 aromatic rings. The smallest absolute Gasteiger partial charge is 0.262 e. The molecule has 5 nitrogen and oxygen atoms in total. The lowest BCUT2D eigenvalue weighted by Crippen LogP contribution is -2.15. The largest absolute Gasteiger partial charge is 0.319 e. The molecule has 2 N–H and O–H groups in total. The van der Waals surface area contributed by atoms with E-state index in [0.29, 0.717) is 10.2 Å². The number of nitrogens with one attached hydrogen (secondary N) is 2. The van der Waals surface area contributed by atoms with E-state index in [2.05, 4.69) is 26.0 Å². The lowest BCUT2D eigenvalue weighted by Gasteiger charge is -2.11. The molecule has 0 aromatic heterocycles. The third-order valence-corrected chi connectivity index (χ3v) is 5.78. The van der Waals surface area contributed by atoms with Gasteiger partial charge in [0, 0.05) is 10.0 Å². The van der Waals surface area contributed by atoms with E-state index < -0.39 is 27.6 Å². The van der Waals surface area contributed by atoms with Gasteiger partial charge in [0.25, 0.3) is 15.9 Å². The van der Waals surface area contributed by atoms with Crippen LogP contribution in [0, 0.1) is 11.6 Å². The van der Waals surface area contributed by atoms with Crippen molar-refractivity contribution >= 4 is 43.2 Å². The van der Waals surface area contributed by atoms with E-state index in [0.717, 1.165) is 24.3 Å². The average Bonchev–Trinajstić information content (AvgIpc) is 2.65. The molecule has 3 rings (SSSR count). The van der Waals surface area contributed by atoms with Gasteiger partial charge in [-0.1, -0.05) is 12.1 Å². The number of hydrogen-bond donors (Lipinski definition) is 2. The van der Waals surface area contributed by atoms with Crippen molar-refractivity contribution < 1.29 is 22.0 Å². The van der Waals surface area contributed by atoms with Crippen LogP contribution in [0.3, 0.4) is 0 Å². The Balaban J connectivity index is 1.80. The normalized spacial score (nSPS) is 11.1. The van der Waals surface area contributed by atoms with Gasteiger partial charge >= 0.3 is 0 Å². The van der Waals surface area contributed by atoms with Crippen LogP contribution in [-0.4, -0.2) is 14.3 Å². The van der Waals surface area contributed by atoms with Crippen LogP contribution < -0.4 is 10.0 Å². The Kier molecular flexibility index (Phi) is 5.76. The van der Waals surface area contributed by atoms with Crippen molar-refractivity contribution in [3.63, 3.8) is 0 Å². The van der Waals surface area contributed by atoms with Gasteiger partial charge in [-0.2, -0.15) is 0 Å². The minimum atomic E-state index is -4.03. The van der Waals surface area contributed by atoms with Gasteiger partial charge in [0.05, 0.1) is 16.3 Å². The summed E-state index contributed by atoms with van der Waals surface area (Å²) in [5.74, 6) is -2.08. The maximum Gasteiger partial charge on any atom is 0.262 e. The van der Waals surface area contributed by atoms with E-state index in [-0.39, 0.29) is 16.1 Å². The second-order valence-corrected chi connectivity index (χ2v) is 8.22. The number of sulfonamides is 1. The third kappa shape index (κ3) is 4.55. The van der Waals surface area contributed by atoms with Crippen molar-refractivity contribution in [3.8, 4) is 0 Å². The zero-order chi connectivity index (χ0) is 20.3. The number of hydrogen-bond acceptors (Lipinski definition) is 3. The van der Waals surface area contributed by atoms with Gasteiger partial charge < -0.3 is 5.32 Å². The van der Waals surface area contributed by atoms with E-state index in [1.165, 1.54) is 18.2 Å². The van der Waals surface area contributed by atoms with Crippen LogP contribution in [0.25, 0.3) is 0 Å². The number of para-hydroxylation sites is 1. The molecule has 144 valence electrons. The Morgan fingerprint density at radius 3 is 2.21 bits per heavy atom. The molecule has 9 heteroatoms. The van der Waals surface area contributed by atoms with Gasteiger partial charge in [-0.05, 0) is 70.5 Å². The number of anilines is 2. The molecule has 0 heterocycles. The summed E-state index contributed by atoms with van der Waals surface area (Å²) in [7, 11) is -4.03. The molecule has 0 spiro atoms. The first-order chi connectivity index (χ1) is 13.3. The maximum atomic E-state index is 14.4. The molecule has 28 heavy (non-hydrogen) atoms. The average molecular weight is 467 g/mol. The van der Waals surface area contributed by atoms with Crippen molar-refractivity contribution in [2.24, 2.45) is 0 Å². The molecular formula is C19H13BrF2N2O3S. The highest BCUT2D eigenvalue weighted by atomic mass is 79.9. The number of amides is 1. The van der Waals surface area contributed by atoms with E-state index in [4.69, 9.17) is 0 Å². The first-order valence-corrected chi connectivity index (χ1v) is 10.2. The number of carbonyl (C=O) groups excluding carboxylic acids is 1. The Hall–Kier alpha value is -2.78. The Bertz CT molecular complexity index is 1140. The quantitative estimate of drug-likeness (QED) is 0.567. The Morgan fingerprint density at radius 1 is 0.893 bits per heavy atom. The molecule has 0 radical (unpaired) electrons. The zero-order valence-corrected chi connectivity index (χ0v) is 16.5. The standard InChI is InChI=1S/C19H13BrF2N2O3S/c20-15-3-1-2-4-17(15)24-28(26,27)14-9-10-18(16(22)11-14)23-19(25)12-5-7-13(21)8-6-12/h1-11,24H,(H,23,25). The summed E-state index contributed by atoms with van der Waals surface area (Å²) in [4.78, 5) is 11.8. The predicted molar refractivity (Wildman–Crippen MR) is 106 cm³/mol. The summed E-state index contributed by atoms with van der Waals surface area (Å²) in [5.41, 5.74) is 0.235. The van der Waals surface area contributed by atoms with Gasteiger partial charge in [-0.25, -0.2) is 17.2 Å². The fourth-order valence-corrected chi connectivity index (χ4v) is 3.91. The second kappa shape index (κ2) is 8.07. The summed E-state index contributed by atoms with van der Waals surface area (Å²) in [6, 6.07) is 14.4. The Labute approximate surface area is 168 Å². The molecule has 0 aliphatic rings. The topological polar surface area (TPSA) is 75.3 Å². The fourth-order valence-electron chi connectivity index (χ4n) is 2.31. The van der Waals surface area contributed by atoms with Crippen LogP contribution in [0.4, 0.5) is 20.2 Å². The van der Waals surface area contributed by atoms with E-state index in [1.807, 2.05) is 0 Å². The van der Waals surface area contributed by atoms with E-state index in [1.54, 1.807) is 24.3 Å². The summed E-state index contributed by atoms with van der Waals surface area (Å²) in [6.45, 7) is 0. The van der Waals surface area contributed by atoms with Gasteiger partial charge in [-0.3, -0.25) is 9.52 Å². The van der Waals surface area contributed by atoms with Crippen molar-refractivity contribution in [2.45, 2.75) is 4.90 Å². The summed E-state index contributed by atoms with van der Waals surface area (Å²) >= 11 is 3.23. The SMILES string of the molecule is O=C(Nc1ccc(S(=O)(=O)Nc2ccccc2Br)cc1F)c1ccc(F)cc1. The van der Waals surface area contributed by atoms with Crippen molar-refractivity contribution in [2.75, 3.05) is 10.0 Å². The van der Waals surface area contributed by atoms with Gasteiger partial charge in [-0.15, -0.1) is 0 Å². The first kappa shape index (κ1) is 20.0. The third-order valence-electron chi connectivity index (χ3n) is 3.72. The van der Waals surface area contributed by atoms with Gasteiger partial charge in [0.1, 0.15) is 11.6 Å². The van der Waals surface area contributed by atoms with Crippen LogP contribution in [0.15, 0.2) is 76.1 Å². The lowest BCUT2D eigenvalue weighted by molar-refractivity contribution is 0.102. The highest BCUT2D eigenvalue weighted by molar-refractivity contribution is 9.10. The summed E-state index contributed by atoms with van der Waals surface area (Å²) in [6.07, 6.45) is 0. The van der Waals surface area contributed by atoms with E-state index in [9.17, 15) is 22.0 Å². The fraction of sp³-hybridized carbons (Fsp3) is 0. The molecule has 1 amide bonds. The molecule has 0 aliphatic carbocycles. The van der Waals surface area contributed by atoms with Crippen LogP contribution in [0.2, 0.25) is 0 Å². The van der Waals surface area contributed by atoms with Crippen LogP contribution in [0.1, 0.15) is 10.4 Å². The first-order valence-electron chi connectivity index (χ1n) is 7.90. The molecule has 0 saturated carbocycles. The summed E-state index contributed by atoms with van der Waals surface area (Å²) < 4.78 is 55.1. The van der Waals surface area contributed by atoms with Crippen molar-refractivity contribution in [1.82, 2.24) is 0 Å². The van der Waals surface area contributed by atoms with Crippen LogP contribution in [-0.2, 0) is 10.0 Å². The number of rotatable bonds is 5. The van der Waals surface area contributed by atoms with Crippen molar-refractivity contribution in [3.05, 3.63) is 88.4 Å². The van der Waals surface area contributed by atoms with E-state index >= 15 is 0 Å². The molecule has 0 unspecified atom stereocenters. The number of benzene rings is 3. The van der Waals surface area contributed by atoms with Crippen LogP contribution >= 0.6 is 15.9 Å². The highest BCUT2D eigenvalue weighted by Gasteiger charge is 2.18. The minimum absolute atomic E-state index is 0.132. The molecule has 0 saturated heterocycles.